The van der Waals surface area contributed by atoms with Crippen LogP contribution in [0.15, 0.2) is 35.9 Å². The van der Waals surface area contributed by atoms with Crippen molar-refractivity contribution in [2.45, 2.75) is 26.1 Å². The highest BCUT2D eigenvalue weighted by Crippen LogP contribution is 2.27. The molecule has 1 aliphatic rings. The van der Waals surface area contributed by atoms with Crippen molar-refractivity contribution in [3.8, 4) is 17.9 Å². The van der Waals surface area contributed by atoms with Gasteiger partial charge >= 0.3 is 6.18 Å². The van der Waals surface area contributed by atoms with Crippen molar-refractivity contribution in [2.75, 3.05) is 5.73 Å². The number of anilines is 1. The Bertz CT molecular complexity index is 1130. The maximum atomic E-state index is 13.2. The second-order valence-corrected chi connectivity index (χ2v) is 5.99. The van der Waals surface area contributed by atoms with E-state index in [-0.39, 0.29) is 6.42 Å². The second-order valence-electron chi connectivity index (χ2n) is 5.99. The molecule has 3 rings (SSSR count). The number of hydrogen-bond donors (Lipinski definition) is 1. The Labute approximate surface area is 154 Å². The minimum absolute atomic E-state index is 0.103. The first kappa shape index (κ1) is 18.4. The largest absolute Gasteiger partial charge is 0.416 e. The lowest BCUT2D eigenvalue weighted by Crippen LogP contribution is -2.30. The number of nitrogen functional groups attached to an aromatic ring is 1. The Morgan fingerprint density at radius 3 is 2.44 bits per heavy atom. The monoisotopic (exact) mass is 367 g/mol. The number of halogens is 3. The van der Waals surface area contributed by atoms with Crippen LogP contribution in [-0.2, 0) is 6.54 Å². The standard InChI is InChI=1S/C21H16F3N3/c1-2-27-19(11-8-14-6-9-16(26)10-7-14)18(13-25)17-5-3-4-15(12-20(17)27)21(22,23)24/h4-7,9-10,12H,2-3,26H2,1H3. The van der Waals surface area contributed by atoms with Crippen LogP contribution in [0.4, 0.5) is 18.9 Å². The second kappa shape index (κ2) is 7.09. The highest BCUT2D eigenvalue weighted by Gasteiger charge is 2.32. The first-order valence-electron chi connectivity index (χ1n) is 8.34. The summed E-state index contributed by atoms with van der Waals surface area (Å²) in [6.07, 6.45) is -0.478. The minimum Gasteiger partial charge on any atom is -0.399 e. The van der Waals surface area contributed by atoms with Gasteiger partial charge in [-0.15, -0.1) is 0 Å². The third kappa shape index (κ3) is 3.61. The van der Waals surface area contributed by atoms with Crippen LogP contribution >= 0.6 is 0 Å². The zero-order valence-electron chi connectivity index (χ0n) is 14.6. The van der Waals surface area contributed by atoms with E-state index in [1.54, 1.807) is 34.9 Å². The molecule has 136 valence electrons. The molecule has 27 heavy (non-hydrogen) atoms. The molecule has 1 aliphatic carbocycles. The number of rotatable bonds is 1. The molecule has 1 aromatic heterocycles. The predicted molar refractivity (Wildman–Crippen MR) is 98.6 cm³/mol. The number of alkyl halides is 3. The molecular formula is C21H16F3N3. The third-order valence-electron chi connectivity index (χ3n) is 4.29. The number of fused-ring (bicyclic) bond motifs is 1. The average Bonchev–Trinajstić information content (AvgIpc) is 2.76. The normalized spacial score (nSPS) is 13.1. The molecule has 0 spiro atoms. The molecule has 0 atom stereocenters. The Hall–Kier alpha value is -3.38. The molecule has 6 heteroatoms. The summed E-state index contributed by atoms with van der Waals surface area (Å²) < 4.78 is 41.3. The van der Waals surface area contributed by atoms with Gasteiger partial charge < -0.3 is 10.3 Å². The number of aromatic nitrogens is 1. The van der Waals surface area contributed by atoms with Crippen LogP contribution in [0.2, 0.25) is 0 Å². The summed E-state index contributed by atoms with van der Waals surface area (Å²) in [4.78, 5) is 0. The fraction of sp³-hybridized carbons (Fsp3) is 0.190. The lowest BCUT2D eigenvalue weighted by atomic mass is 10.1. The van der Waals surface area contributed by atoms with Crippen molar-refractivity contribution in [2.24, 2.45) is 0 Å². The number of hydrogen-bond acceptors (Lipinski definition) is 2. The van der Waals surface area contributed by atoms with E-state index in [0.717, 1.165) is 12.2 Å². The molecule has 1 heterocycles. The maximum Gasteiger partial charge on any atom is 0.416 e. The van der Waals surface area contributed by atoms with Gasteiger partial charge in [0.05, 0.1) is 16.5 Å². The van der Waals surface area contributed by atoms with Crippen molar-refractivity contribution >= 4 is 17.8 Å². The van der Waals surface area contributed by atoms with Gasteiger partial charge in [-0.1, -0.05) is 18.1 Å². The van der Waals surface area contributed by atoms with E-state index in [2.05, 4.69) is 17.9 Å². The minimum atomic E-state index is -4.44. The molecule has 2 N–H and O–H groups in total. The zero-order valence-corrected chi connectivity index (χ0v) is 14.6. The van der Waals surface area contributed by atoms with Gasteiger partial charge in [-0.3, -0.25) is 0 Å². The summed E-state index contributed by atoms with van der Waals surface area (Å²) in [5.74, 6) is 5.92. The number of nitrogens with zero attached hydrogens (tertiary/aromatic N) is 2. The van der Waals surface area contributed by atoms with Crippen molar-refractivity contribution in [3.05, 3.63) is 63.3 Å². The quantitative estimate of drug-likeness (QED) is 0.623. The predicted octanol–water partition coefficient (Wildman–Crippen LogP) is 2.82. The van der Waals surface area contributed by atoms with E-state index in [9.17, 15) is 18.4 Å². The topological polar surface area (TPSA) is 54.7 Å². The van der Waals surface area contributed by atoms with Gasteiger partial charge in [0.2, 0.25) is 0 Å². The molecule has 0 unspecified atom stereocenters. The molecule has 0 bridgehead atoms. The lowest BCUT2D eigenvalue weighted by Gasteiger charge is -2.07. The Morgan fingerprint density at radius 1 is 1.15 bits per heavy atom. The Kier molecular flexibility index (Phi) is 4.83. The van der Waals surface area contributed by atoms with E-state index in [1.807, 2.05) is 6.92 Å². The first-order valence-corrected chi connectivity index (χ1v) is 8.34. The Morgan fingerprint density at radius 2 is 1.85 bits per heavy atom. The highest BCUT2D eigenvalue weighted by molar-refractivity contribution is 5.59. The highest BCUT2D eigenvalue weighted by atomic mass is 19.4. The number of benzene rings is 1. The fourth-order valence-electron chi connectivity index (χ4n) is 3.00. The van der Waals surface area contributed by atoms with Crippen LogP contribution in [0.25, 0.3) is 12.2 Å². The summed E-state index contributed by atoms with van der Waals surface area (Å²) in [5, 5.41) is 10.5. The van der Waals surface area contributed by atoms with Crippen LogP contribution < -0.4 is 16.3 Å². The van der Waals surface area contributed by atoms with Gasteiger partial charge in [0.1, 0.15) is 11.8 Å². The summed E-state index contributed by atoms with van der Waals surface area (Å²) in [5.41, 5.74) is 6.96. The molecule has 0 amide bonds. The number of nitriles is 1. The molecule has 0 saturated carbocycles. The SMILES string of the molecule is CCn1c(C#Cc2ccc(N)cc2)c(C#N)c2c1=CC(C(F)(F)F)=CCC=2. The van der Waals surface area contributed by atoms with E-state index in [0.29, 0.717) is 39.6 Å². The summed E-state index contributed by atoms with van der Waals surface area (Å²) >= 11 is 0. The summed E-state index contributed by atoms with van der Waals surface area (Å²) in [6.45, 7) is 2.21. The van der Waals surface area contributed by atoms with Crippen LogP contribution in [-0.4, -0.2) is 10.7 Å². The van der Waals surface area contributed by atoms with Crippen molar-refractivity contribution in [3.63, 3.8) is 0 Å². The van der Waals surface area contributed by atoms with Gasteiger partial charge in [0.15, 0.2) is 0 Å². The third-order valence-corrected chi connectivity index (χ3v) is 4.29. The Balaban J connectivity index is 2.24. The molecule has 0 fully saturated rings. The molecule has 0 saturated heterocycles. The van der Waals surface area contributed by atoms with Crippen LogP contribution in [0.5, 0.6) is 0 Å². The van der Waals surface area contributed by atoms with E-state index < -0.39 is 11.7 Å². The lowest BCUT2D eigenvalue weighted by molar-refractivity contribution is -0.0867. The molecule has 0 radical (unpaired) electrons. The van der Waals surface area contributed by atoms with E-state index in [4.69, 9.17) is 5.73 Å². The summed E-state index contributed by atoms with van der Waals surface area (Å²) in [7, 11) is 0. The first-order chi connectivity index (χ1) is 12.8. The molecular weight excluding hydrogens is 351 g/mol. The average molecular weight is 367 g/mol. The smallest absolute Gasteiger partial charge is 0.399 e. The van der Waals surface area contributed by atoms with Crippen LogP contribution in [0, 0.1) is 23.2 Å². The number of nitrogens with two attached hydrogens (primary N) is 1. The van der Waals surface area contributed by atoms with Gasteiger partial charge in [-0.25, -0.2) is 0 Å². The van der Waals surface area contributed by atoms with Crippen LogP contribution in [0.1, 0.15) is 30.2 Å². The fourth-order valence-corrected chi connectivity index (χ4v) is 3.00. The van der Waals surface area contributed by atoms with Crippen molar-refractivity contribution < 1.29 is 13.2 Å². The maximum absolute atomic E-state index is 13.2. The van der Waals surface area contributed by atoms with Crippen LogP contribution in [0.3, 0.4) is 0 Å². The zero-order chi connectivity index (χ0) is 19.6. The molecule has 2 aromatic rings. The van der Waals surface area contributed by atoms with Crippen molar-refractivity contribution in [1.29, 1.82) is 5.26 Å². The molecule has 1 aromatic carbocycles. The van der Waals surface area contributed by atoms with E-state index >= 15 is 0 Å². The van der Waals surface area contributed by atoms with Crippen molar-refractivity contribution in [1.82, 2.24) is 4.57 Å². The van der Waals surface area contributed by atoms with Gasteiger partial charge in [-0.05, 0) is 49.6 Å². The van der Waals surface area contributed by atoms with Gasteiger partial charge in [-0.2, -0.15) is 18.4 Å². The molecule has 3 nitrogen and oxygen atoms in total. The van der Waals surface area contributed by atoms with Gasteiger partial charge in [0, 0.05) is 23.0 Å². The summed E-state index contributed by atoms with van der Waals surface area (Å²) in [6, 6.07) is 9.04. The van der Waals surface area contributed by atoms with E-state index in [1.165, 1.54) is 0 Å². The van der Waals surface area contributed by atoms with Gasteiger partial charge in [0.25, 0.3) is 0 Å². The number of allylic oxidation sites excluding steroid dienone is 2. The molecule has 0 aliphatic heterocycles.